The number of imidazole rings is 1. The number of amides is 1. The average molecular weight is 377 g/mol. The van der Waals surface area contributed by atoms with Crippen molar-refractivity contribution in [1.82, 2.24) is 34.4 Å². The molecule has 28 heavy (non-hydrogen) atoms. The fourth-order valence-corrected chi connectivity index (χ4v) is 3.59. The maximum Gasteiger partial charge on any atom is 0.274 e. The van der Waals surface area contributed by atoms with Crippen LogP contribution < -0.4 is 0 Å². The van der Waals surface area contributed by atoms with Crippen molar-refractivity contribution in [2.45, 2.75) is 32.6 Å². The van der Waals surface area contributed by atoms with Gasteiger partial charge in [-0.25, -0.2) is 19.9 Å². The zero-order chi connectivity index (χ0) is 19.7. The third-order valence-electron chi connectivity index (χ3n) is 5.03. The molecule has 0 spiro atoms. The maximum atomic E-state index is 12.8. The summed E-state index contributed by atoms with van der Waals surface area (Å²) in [7, 11) is 1.95. The molecule has 0 bridgehead atoms. The van der Waals surface area contributed by atoms with E-state index in [2.05, 4.69) is 24.9 Å². The number of aromatic nitrogens is 6. The third kappa shape index (κ3) is 3.62. The Balaban J connectivity index is 1.58. The van der Waals surface area contributed by atoms with Gasteiger partial charge in [0, 0.05) is 50.3 Å². The van der Waals surface area contributed by atoms with E-state index in [0.717, 1.165) is 42.3 Å². The molecule has 1 saturated heterocycles. The number of carbonyl (C=O) groups excluding carboxylic acids is 1. The standard InChI is InChI=1S/C20H23N7O/c1-13-10-23-18(11-22-13)20(28)27-7-4-5-15(12-27)16-9-17(25-14(2)24-16)19-21-6-8-26(19)3/h6,8-11,15H,4-5,7,12H2,1-3H3/t15-/m1/s1. The Labute approximate surface area is 163 Å². The van der Waals surface area contributed by atoms with E-state index in [-0.39, 0.29) is 11.8 Å². The first-order valence-corrected chi connectivity index (χ1v) is 9.42. The van der Waals surface area contributed by atoms with Crippen molar-refractivity contribution in [2.24, 2.45) is 7.05 Å². The maximum absolute atomic E-state index is 12.8. The minimum absolute atomic E-state index is 0.0766. The van der Waals surface area contributed by atoms with Crippen LogP contribution in [0.2, 0.25) is 0 Å². The lowest BCUT2D eigenvalue weighted by molar-refractivity contribution is 0.0699. The molecule has 0 saturated carbocycles. The summed E-state index contributed by atoms with van der Waals surface area (Å²) >= 11 is 0. The Kier molecular flexibility index (Phi) is 4.85. The molecule has 144 valence electrons. The lowest BCUT2D eigenvalue weighted by Gasteiger charge is -2.32. The van der Waals surface area contributed by atoms with Gasteiger partial charge in [-0.15, -0.1) is 0 Å². The van der Waals surface area contributed by atoms with Crippen molar-refractivity contribution in [3.63, 3.8) is 0 Å². The molecule has 8 heteroatoms. The summed E-state index contributed by atoms with van der Waals surface area (Å²) in [4.78, 5) is 36.7. The molecule has 0 radical (unpaired) electrons. The van der Waals surface area contributed by atoms with Gasteiger partial charge in [-0.05, 0) is 32.8 Å². The molecule has 0 N–H and O–H groups in total. The van der Waals surface area contributed by atoms with Gasteiger partial charge in [-0.2, -0.15) is 0 Å². The Bertz CT molecular complexity index is 996. The molecule has 3 aromatic heterocycles. The molecule has 1 atom stereocenters. The molecule has 0 unspecified atom stereocenters. The lowest BCUT2D eigenvalue weighted by Crippen LogP contribution is -2.39. The number of piperidine rings is 1. The number of aryl methyl sites for hydroxylation is 3. The Hall–Kier alpha value is -3.16. The normalized spacial score (nSPS) is 17.0. The van der Waals surface area contributed by atoms with Crippen molar-refractivity contribution in [3.8, 4) is 11.5 Å². The number of likely N-dealkylation sites (tertiary alicyclic amines) is 1. The van der Waals surface area contributed by atoms with E-state index in [4.69, 9.17) is 0 Å². The predicted molar refractivity (Wildman–Crippen MR) is 104 cm³/mol. The van der Waals surface area contributed by atoms with E-state index in [9.17, 15) is 4.79 Å². The van der Waals surface area contributed by atoms with Crippen molar-refractivity contribution in [2.75, 3.05) is 13.1 Å². The van der Waals surface area contributed by atoms with Gasteiger partial charge in [0.05, 0.1) is 11.9 Å². The van der Waals surface area contributed by atoms with E-state index in [1.165, 1.54) is 0 Å². The second-order valence-electron chi connectivity index (χ2n) is 7.22. The Morgan fingerprint density at radius 3 is 2.71 bits per heavy atom. The smallest absolute Gasteiger partial charge is 0.274 e. The first-order valence-electron chi connectivity index (χ1n) is 9.42. The van der Waals surface area contributed by atoms with Gasteiger partial charge in [0.15, 0.2) is 5.82 Å². The second kappa shape index (κ2) is 7.46. The minimum Gasteiger partial charge on any atom is -0.337 e. The molecule has 3 aromatic rings. The number of nitrogens with zero attached hydrogens (tertiary/aromatic N) is 7. The van der Waals surface area contributed by atoms with Crippen LogP contribution in [0.15, 0.2) is 30.9 Å². The van der Waals surface area contributed by atoms with E-state index in [1.54, 1.807) is 18.6 Å². The summed E-state index contributed by atoms with van der Waals surface area (Å²) < 4.78 is 1.94. The topological polar surface area (TPSA) is 89.7 Å². The molecule has 8 nitrogen and oxygen atoms in total. The van der Waals surface area contributed by atoms with Crippen LogP contribution in [0, 0.1) is 13.8 Å². The molecule has 1 fully saturated rings. The monoisotopic (exact) mass is 377 g/mol. The molecule has 4 heterocycles. The van der Waals surface area contributed by atoms with Crippen molar-refractivity contribution in [3.05, 3.63) is 53.8 Å². The van der Waals surface area contributed by atoms with Gasteiger partial charge in [-0.1, -0.05) is 0 Å². The molecule has 0 aliphatic carbocycles. The van der Waals surface area contributed by atoms with Gasteiger partial charge in [0.1, 0.15) is 17.2 Å². The highest BCUT2D eigenvalue weighted by Gasteiger charge is 2.28. The average Bonchev–Trinajstić information content (AvgIpc) is 3.13. The van der Waals surface area contributed by atoms with Gasteiger partial charge < -0.3 is 9.47 Å². The molecule has 1 aliphatic rings. The van der Waals surface area contributed by atoms with Crippen LogP contribution >= 0.6 is 0 Å². The fourth-order valence-electron chi connectivity index (χ4n) is 3.59. The summed E-state index contributed by atoms with van der Waals surface area (Å²) in [6.45, 7) is 5.09. The molecular formula is C20H23N7O. The van der Waals surface area contributed by atoms with Crippen LogP contribution in [0.3, 0.4) is 0 Å². The van der Waals surface area contributed by atoms with Crippen LogP contribution in [0.25, 0.3) is 11.5 Å². The van der Waals surface area contributed by atoms with Gasteiger partial charge in [0.2, 0.25) is 0 Å². The zero-order valence-corrected chi connectivity index (χ0v) is 16.3. The molecular weight excluding hydrogens is 354 g/mol. The number of rotatable bonds is 3. The summed E-state index contributed by atoms with van der Waals surface area (Å²) in [6.07, 6.45) is 8.75. The van der Waals surface area contributed by atoms with Gasteiger partial charge in [0.25, 0.3) is 5.91 Å². The second-order valence-corrected chi connectivity index (χ2v) is 7.22. The first-order chi connectivity index (χ1) is 13.5. The molecule has 1 aliphatic heterocycles. The Morgan fingerprint density at radius 2 is 2.00 bits per heavy atom. The fraction of sp³-hybridized carbons (Fsp3) is 0.400. The third-order valence-corrected chi connectivity index (χ3v) is 5.03. The van der Waals surface area contributed by atoms with Crippen molar-refractivity contribution < 1.29 is 4.79 Å². The molecule has 4 rings (SSSR count). The quantitative estimate of drug-likeness (QED) is 0.696. The van der Waals surface area contributed by atoms with Gasteiger partial charge >= 0.3 is 0 Å². The molecule has 0 aromatic carbocycles. The van der Waals surface area contributed by atoms with Crippen molar-refractivity contribution in [1.29, 1.82) is 0 Å². The van der Waals surface area contributed by atoms with Crippen LogP contribution in [0.1, 0.15) is 46.5 Å². The zero-order valence-electron chi connectivity index (χ0n) is 16.3. The first kappa shape index (κ1) is 18.2. The van der Waals surface area contributed by atoms with Crippen LogP contribution in [-0.4, -0.2) is 53.4 Å². The number of carbonyl (C=O) groups is 1. The van der Waals surface area contributed by atoms with E-state index < -0.39 is 0 Å². The summed E-state index contributed by atoms with van der Waals surface area (Å²) in [5, 5.41) is 0. The highest BCUT2D eigenvalue weighted by atomic mass is 16.2. The minimum atomic E-state index is -0.0766. The molecule has 1 amide bonds. The summed E-state index contributed by atoms with van der Waals surface area (Å²) in [5.74, 6) is 1.61. The van der Waals surface area contributed by atoms with Crippen LogP contribution in [0.5, 0.6) is 0 Å². The van der Waals surface area contributed by atoms with E-state index in [0.29, 0.717) is 18.1 Å². The van der Waals surface area contributed by atoms with Crippen LogP contribution in [-0.2, 0) is 7.05 Å². The van der Waals surface area contributed by atoms with E-state index in [1.807, 2.05) is 42.6 Å². The van der Waals surface area contributed by atoms with Crippen molar-refractivity contribution >= 4 is 5.91 Å². The van der Waals surface area contributed by atoms with E-state index >= 15 is 0 Å². The Morgan fingerprint density at radius 1 is 1.14 bits per heavy atom. The van der Waals surface area contributed by atoms with Gasteiger partial charge in [-0.3, -0.25) is 9.78 Å². The largest absolute Gasteiger partial charge is 0.337 e. The highest BCUT2D eigenvalue weighted by molar-refractivity contribution is 5.92. The number of hydrogen-bond donors (Lipinski definition) is 0. The predicted octanol–water partition coefficient (Wildman–Crippen LogP) is 2.30. The summed E-state index contributed by atoms with van der Waals surface area (Å²) in [5.41, 5.74) is 2.95. The number of hydrogen-bond acceptors (Lipinski definition) is 6. The SMILES string of the molecule is Cc1cnc(C(=O)N2CCC[C@@H](c3cc(-c4nccn4C)nc(C)n3)C2)cn1. The summed E-state index contributed by atoms with van der Waals surface area (Å²) in [6, 6.07) is 2.00. The highest BCUT2D eigenvalue weighted by Crippen LogP contribution is 2.28. The lowest BCUT2D eigenvalue weighted by atomic mass is 9.93. The van der Waals surface area contributed by atoms with Crippen LogP contribution in [0.4, 0.5) is 0 Å².